The standard InChI is InChI=1S/C64H109N5O45/c1-16-35(84)44(93)47(96)61(100-16)114-56-45(94)38(87)25(9-72)103-64(56)112-53-29(13-76)106-60(34(43(53)92)69-21(6)82)113-55-39(88)26(10-73)102-63(49(55)98)111-51-27(11-74)104-57(32(41(51)90)67-19(4)80)99-15-23(83)36(85)50(22(7-70)65-17(2)78)108-59-33(68-20(5)81)42(91)52(28(12-75)105-59)110-62-48(97)46(95)54(30(14-77)107-62)109-58-31(66-18(3)79)40(89)37(86)24(8-71)101-58/h16,22-64,70-77,83-98H,7-15H2,1-6H3,(H,65,78)(H,66,79)(H,67,80)(H,68,81)(H,69,82)/t16-,22-,23+,24+,25+,26+,27+,28+,29+,30+,31+,32+,33+,34+,35+,36-,37+,38-,39-,40+,41+,42+,43+,44+,45-,46+,47-,48+,49+,50+,51+,52+,53+,54-,55-,56+,57+,58+,59-,60-,61-,62-,63-,64-/m0/s1. The molecule has 0 aromatic carbocycles. The third-order valence-electron chi connectivity index (χ3n) is 20.4. The van der Waals surface area contributed by atoms with Crippen molar-refractivity contribution in [1.29, 1.82) is 0 Å². The van der Waals surface area contributed by atoms with Crippen molar-refractivity contribution in [3.63, 3.8) is 0 Å². The van der Waals surface area contributed by atoms with Gasteiger partial charge >= 0.3 is 0 Å². The Balaban J connectivity index is 0.962. The van der Waals surface area contributed by atoms with Crippen LogP contribution in [0.3, 0.4) is 0 Å². The molecule has 50 heteroatoms. The zero-order valence-electron chi connectivity index (χ0n) is 62.1. The van der Waals surface area contributed by atoms with Gasteiger partial charge < -0.3 is 225 Å². The molecule has 44 atom stereocenters. The largest absolute Gasteiger partial charge is 0.394 e. The van der Waals surface area contributed by atoms with Gasteiger partial charge in [0.15, 0.2) is 50.3 Å². The Bertz CT molecular complexity index is 3030. The lowest BCUT2D eigenvalue weighted by atomic mass is 9.94. The molecule has 8 aliphatic rings. The van der Waals surface area contributed by atoms with E-state index in [9.17, 15) is 147 Å². The summed E-state index contributed by atoms with van der Waals surface area (Å²) in [5.74, 6) is -4.44. The maximum atomic E-state index is 12.9. The van der Waals surface area contributed by atoms with Crippen molar-refractivity contribution in [2.45, 2.75) is 311 Å². The summed E-state index contributed by atoms with van der Waals surface area (Å²) >= 11 is 0. The molecule has 8 fully saturated rings. The van der Waals surface area contributed by atoms with Gasteiger partial charge in [-0.1, -0.05) is 0 Å². The summed E-state index contributed by atoms with van der Waals surface area (Å²) in [5.41, 5.74) is 0. The Labute approximate surface area is 647 Å². The maximum absolute atomic E-state index is 12.9. The van der Waals surface area contributed by atoms with Crippen LogP contribution in [-0.4, -0.2) is 481 Å². The van der Waals surface area contributed by atoms with E-state index in [0.29, 0.717) is 0 Å². The molecule has 0 spiro atoms. The number of amides is 5. The molecule has 8 aliphatic heterocycles. The number of carbonyl (C=O) groups excluding carboxylic acids is 5. The summed E-state index contributed by atoms with van der Waals surface area (Å²) < 4.78 is 93.6. The molecule has 114 heavy (non-hydrogen) atoms. The van der Waals surface area contributed by atoms with E-state index in [1.54, 1.807) is 0 Å². The van der Waals surface area contributed by atoms with Crippen LogP contribution in [0.15, 0.2) is 0 Å². The van der Waals surface area contributed by atoms with Gasteiger partial charge in [-0.2, -0.15) is 0 Å². The van der Waals surface area contributed by atoms with Gasteiger partial charge in [0.1, 0.15) is 207 Å². The van der Waals surface area contributed by atoms with Gasteiger partial charge in [0.25, 0.3) is 0 Å². The van der Waals surface area contributed by atoms with Crippen molar-refractivity contribution in [3.8, 4) is 0 Å². The number of aliphatic hydroxyl groups excluding tert-OH is 24. The lowest BCUT2D eigenvalue weighted by molar-refractivity contribution is -0.390. The minimum atomic E-state index is -2.43. The SMILES string of the molecule is CC(=O)N[C@H]1[C@H](O[C@@H]([C@@H](O)[C@H](O)CO[C@@H]2O[C@H](CO)[C@@H](O[C@@H]3O[C@H](CO)[C@H](O)[C@H](O[C@@H]4O[C@H](CO)[C@@H](O[C@@H]5O[C@H](CO)[C@H](O)[C@H](O)[C@H]5O[C@@H]5O[C@@H](C)[C@@H](O)[C@@H](O)[C@@H]5O)[C@H](O)[C@H]4NC(C)=O)[C@H]3O)[C@H](O)[C@H]2NC(C)=O)[C@H](CO)NC(C)=O)O[C@H](CO)[C@@H](O[C@@H]2O[C@H](CO)[C@H](O[C@H]3O[C@H](CO)[C@@H](O)[C@H](O)[C@H]3NC(C)=O)[C@H](O)[C@H]2O)[C@@H]1O. The molecule has 0 saturated carbocycles. The predicted octanol–water partition coefficient (Wildman–Crippen LogP) is -19.2. The number of aliphatic hydroxyl groups is 24. The van der Waals surface area contributed by atoms with E-state index in [0.717, 1.165) is 34.6 Å². The molecule has 5 amide bonds. The van der Waals surface area contributed by atoms with Crippen LogP contribution in [-0.2, 0) is 99.8 Å². The van der Waals surface area contributed by atoms with E-state index in [-0.39, 0.29) is 0 Å². The Kier molecular flexibility index (Phi) is 35.3. The minimum absolute atomic E-state index is 0.762. The summed E-state index contributed by atoms with van der Waals surface area (Å²) in [6, 6.07) is -9.05. The highest BCUT2D eigenvalue weighted by Crippen LogP contribution is 2.39. The van der Waals surface area contributed by atoms with Gasteiger partial charge in [0.2, 0.25) is 29.5 Å². The molecule has 0 aliphatic carbocycles. The Morgan fingerprint density at radius 1 is 0.316 bits per heavy atom. The van der Waals surface area contributed by atoms with Crippen LogP contribution in [0.1, 0.15) is 41.5 Å². The van der Waals surface area contributed by atoms with E-state index in [1.165, 1.54) is 6.92 Å². The van der Waals surface area contributed by atoms with Crippen molar-refractivity contribution < 1.29 is 222 Å². The molecule has 0 aromatic heterocycles. The Morgan fingerprint density at radius 3 is 1.11 bits per heavy atom. The molecule has 0 aromatic rings. The molecule has 8 rings (SSSR count). The average Bonchev–Trinajstić information content (AvgIpc) is 0.774. The van der Waals surface area contributed by atoms with Crippen LogP contribution in [0.5, 0.6) is 0 Å². The number of nitrogens with one attached hydrogen (secondary N) is 5. The van der Waals surface area contributed by atoms with Crippen molar-refractivity contribution in [1.82, 2.24) is 26.6 Å². The summed E-state index contributed by atoms with van der Waals surface area (Å²) in [5, 5.41) is 277. The molecular formula is C64H109N5O45. The van der Waals surface area contributed by atoms with E-state index < -0.39 is 359 Å². The number of hydrogen-bond donors (Lipinski definition) is 29. The Morgan fingerprint density at radius 2 is 0.640 bits per heavy atom. The van der Waals surface area contributed by atoms with Crippen molar-refractivity contribution in [2.24, 2.45) is 0 Å². The third kappa shape index (κ3) is 21.9. The molecular weight excluding hydrogens is 1560 g/mol. The summed E-state index contributed by atoms with van der Waals surface area (Å²) in [6.07, 6.45) is -77.0. The molecule has 0 unspecified atom stereocenters. The summed E-state index contributed by atoms with van der Waals surface area (Å²) in [6.45, 7) is -3.59. The van der Waals surface area contributed by atoms with Gasteiger partial charge in [-0.3, -0.25) is 24.0 Å². The smallest absolute Gasteiger partial charge is 0.217 e. The fourth-order valence-corrected chi connectivity index (χ4v) is 14.4. The van der Waals surface area contributed by atoms with E-state index >= 15 is 0 Å². The van der Waals surface area contributed by atoms with E-state index in [4.69, 9.17) is 75.8 Å². The van der Waals surface area contributed by atoms with Gasteiger partial charge in [-0.25, -0.2) is 0 Å². The normalized spacial score (nSPS) is 45.3. The molecule has 660 valence electrons. The van der Waals surface area contributed by atoms with Gasteiger partial charge in [-0.15, -0.1) is 0 Å². The fraction of sp³-hybridized carbons (Fsp3) is 0.922. The fourth-order valence-electron chi connectivity index (χ4n) is 14.4. The van der Waals surface area contributed by atoms with Crippen molar-refractivity contribution in [3.05, 3.63) is 0 Å². The second kappa shape index (κ2) is 42.3. The quantitative estimate of drug-likeness (QED) is 0.0290. The Hall–Kier alpha value is -4.25. The van der Waals surface area contributed by atoms with E-state index in [1.807, 2.05) is 0 Å². The van der Waals surface area contributed by atoms with Gasteiger partial charge in [0, 0.05) is 34.6 Å². The average molecular weight is 1670 g/mol. The van der Waals surface area contributed by atoms with Crippen LogP contribution in [0.4, 0.5) is 0 Å². The number of rotatable bonds is 33. The molecule has 29 N–H and O–H groups in total. The first-order valence-corrected chi connectivity index (χ1v) is 36.4. The number of hydrogen-bond acceptors (Lipinski definition) is 45. The van der Waals surface area contributed by atoms with Gasteiger partial charge in [-0.05, 0) is 6.92 Å². The highest BCUT2D eigenvalue weighted by atomic mass is 16.8. The summed E-state index contributed by atoms with van der Waals surface area (Å²) in [4.78, 5) is 63.4. The molecule has 8 heterocycles. The van der Waals surface area contributed by atoms with Crippen molar-refractivity contribution in [2.75, 3.05) is 59.5 Å². The second-order valence-electron chi connectivity index (χ2n) is 28.6. The third-order valence-corrected chi connectivity index (χ3v) is 20.4. The first-order valence-electron chi connectivity index (χ1n) is 36.4. The highest BCUT2D eigenvalue weighted by Gasteiger charge is 2.60. The highest BCUT2D eigenvalue weighted by molar-refractivity contribution is 5.75. The van der Waals surface area contributed by atoms with Crippen LogP contribution in [0, 0.1) is 0 Å². The second-order valence-corrected chi connectivity index (χ2v) is 28.6. The van der Waals surface area contributed by atoms with Crippen molar-refractivity contribution >= 4 is 29.5 Å². The van der Waals surface area contributed by atoms with Crippen LogP contribution in [0.2, 0.25) is 0 Å². The lowest BCUT2D eigenvalue weighted by Gasteiger charge is -2.50. The first kappa shape index (κ1) is 95.2. The lowest BCUT2D eigenvalue weighted by Crippen LogP contribution is -2.70. The van der Waals surface area contributed by atoms with Crippen LogP contribution in [0.25, 0.3) is 0 Å². The van der Waals surface area contributed by atoms with E-state index in [2.05, 4.69) is 26.6 Å². The molecule has 0 radical (unpaired) electrons. The zero-order valence-corrected chi connectivity index (χ0v) is 62.1. The monoisotopic (exact) mass is 1670 g/mol. The maximum Gasteiger partial charge on any atom is 0.217 e. The van der Waals surface area contributed by atoms with Gasteiger partial charge in [0.05, 0.1) is 71.6 Å². The number of ether oxygens (including phenoxy) is 16. The molecule has 50 nitrogen and oxygen atoms in total. The number of carbonyl (C=O) groups is 5. The summed E-state index contributed by atoms with van der Waals surface area (Å²) in [7, 11) is 0. The van der Waals surface area contributed by atoms with Crippen LogP contribution >= 0.6 is 0 Å². The predicted molar refractivity (Wildman–Crippen MR) is 356 cm³/mol. The zero-order chi connectivity index (χ0) is 84.5. The molecule has 8 saturated heterocycles. The topological polar surface area (TPSA) is 779 Å². The van der Waals surface area contributed by atoms with Crippen LogP contribution < -0.4 is 26.6 Å². The first-order chi connectivity index (χ1) is 53.8. The minimum Gasteiger partial charge on any atom is -0.394 e. The molecule has 0 bridgehead atoms.